The number of aliphatic hydroxyl groups excluding tert-OH is 10. The van der Waals surface area contributed by atoms with Crippen molar-refractivity contribution in [2.75, 3.05) is 96.8 Å². The van der Waals surface area contributed by atoms with Gasteiger partial charge in [-0.1, -0.05) is 144 Å². The fraction of sp³-hybridized carbons (Fsp3) is 0.583. The van der Waals surface area contributed by atoms with Crippen LogP contribution >= 0.6 is 47.0 Å². The van der Waals surface area contributed by atoms with Crippen molar-refractivity contribution in [1.29, 1.82) is 0 Å². The van der Waals surface area contributed by atoms with E-state index in [0.717, 1.165) is 41.7 Å². The zero-order valence-electron chi connectivity index (χ0n) is 101. The first-order valence-electron chi connectivity index (χ1n) is 57.6. The van der Waals surface area contributed by atoms with Crippen LogP contribution in [0, 0.1) is 51.0 Å². The minimum atomic E-state index is -3.37. The number of halogens is 4. The summed E-state index contributed by atoms with van der Waals surface area (Å²) in [5, 5.41) is 168. The minimum absolute atomic E-state index is 0.00569. The van der Waals surface area contributed by atoms with E-state index in [0.29, 0.717) is 55.4 Å². The Kier molecular flexibility index (Phi) is 26.5. The van der Waals surface area contributed by atoms with Gasteiger partial charge in [0.2, 0.25) is 0 Å². The molecule has 40 nitrogen and oxygen atoms in total. The molecule has 8 heterocycles. The minimum Gasteiger partial charge on any atom is -0.394 e. The summed E-state index contributed by atoms with van der Waals surface area (Å²) in [7, 11) is 0. The van der Waals surface area contributed by atoms with E-state index in [1.165, 1.54) is 54.8 Å². The van der Waals surface area contributed by atoms with Gasteiger partial charge in [-0.2, -0.15) is 0 Å². The first kappa shape index (κ1) is 80.5. The monoisotopic (exact) mass is 2090 g/mol. The molecule has 16 N–H and O–H groups in total. The normalized spacial score (nSPS) is 32.0. The van der Waals surface area contributed by atoms with E-state index in [2.05, 4.69) is 102 Å². The van der Waals surface area contributed by atoms with E-state index in [1.54, 1.807) is 97.0 Å². The summed E-state index contributed by atoms with van der Waals surface area (Å²) < 4.78 is 260. The molecule has 20 rings (SSSR count). The number of aromatic nitrogens is 20. The molecule has 0 radical (unpaired) electrons. The number of rotatable bonds is 40. The topological polar surface area (TPSA) is 554 Å². The van der Waals surface area contributed by atoms with Crippen molar-refractivity contribution in [3.05, 3.63) is 141 Å². The third-order valence-electron chi connectivity index (χ3n) is 25.3. The highest BCUT2D eigenvalue weighted by Crippen LogP contribution is 2.50. The molecule has 8 fully saturated rings. The van der Waals surface area contributed by atoms with E-state index in [4.69, 9.17) is 54.2 Å². The second-order valence-corrected chi connectivity index (χ2v) is 38.7. The first-order chi connectivity index (χ1) is 77.5. The number of ether oxygens (including phenoxy) is 4. The predicted octanol–water partition coefficient (Wildman–Crippen LogP) is 8.73. The summed E-state index contributed by atoms with van der Waals surface area (Å²) in [6.07, 6.45) is -21.9. The van der Waals surface area contributed by atoms with Gasteiger partial charge in [0.15, 0.2) is 88.6 Å². The van der Waals surface area contributed by atoms with Crippen molar-refractivity contribution in [2.24, 2.45) is 0 Å². The summed E-state index contributed by atoms with van der Waals surface area (Å²) >= 11 is 3.60. The molecule has 0 amide bonds. The van der Waals surface area contributed by atoms with Gasteiger partial charge < -0.3 is 101 Å². The predicted molar refractivity (Wildman–Crippen MR) is 530 cm³/mol. The van der Waals surface area contributed by atoms with E-state index in [1.807, 2.05) is 6.92 Å². The lowest BCUT2D eigenvalue weighted by atomic mass is 10.1. The molecule has 0 saturated heterocycles. The third-order valence-corrected chi connectivity index (χ3v) is 28.7. The highest BCUT2D eigenvalue weighted by molar-refractivity contribution is 7.99. The lowest BCUT2D eigenvalue weighted by molar-refractivity contribution is -0.0629. The summed E-state index contributed by atoms with van der Waals surface area (Å²) in [5.74, 6) is -3.40. The van der Waals surface area contributed by atoms with Crippen molar-refractivity contribution in [1.82, 2.24) is 99.8 Å². The van der Waals surface area contributed by atoms with Gasteiger partial charge in [0, 0.05) is 116 Å². The Balaban J connectivity index is 0.000000148. The van der Waals surface area contributed by atoms with E-state index >= 15 is 0 Å². The molecule has 0 bridgehead atoms. The molecular weight excluding hydrogens is 1950 g/mol. The number of fused-ring (bicyclic) bond motifs is 4. The lowest BCUT2D eigenvalue weighted by Crippen LogP contribution is -2.33. The van der Waals surface area contributed by atoms with E-state index < -0.39 is 251 Å². The second kappa shape index (κ2) is 47.3. The average molecular weight is 2100 g/mol. The van der Waals surface area contributed by atoms with Crippen LogP contribution < -0.4 is 21.3 Å². The first-order valence-corrected chi connectivity index (χ1v) is 50.0. The Morgan fingerprint density at radius 1 is 0.354 bits per heavy atom. The molecule has 8 aliphatic rings. The van der Waals surface area contributed by atoms with Crippen LogP contribution in [0.5, 0.6) is 0 Å². The number of hydrogen-bond donors (Lipinski definition) is 16. The number of aryl methyl sites for hydroxylation is 4. The largest absolute Gasteiger partial charge is 0.394 e. The van der Waals surface area contributed by atoms with Crippen molar-refractivity contribution < 1.29 is 128 Å². The Morgan fingerprint density at radius 3 is 0.889 bits per heavy atom. The van der Waals surface area contributed by atoms with Crippen molar-refractivity contribution in [2.45, 2.75) is 298 Å². The van der Waals surface area contributed by atoms with E-state index in [9.17, 15) is 73.7 Å². The smallest absolute Gasteiger partial charge is 0.191 e. The number of nitrogens with one attached hydrogen (secondary N) is 4. The van der Waals surface area contributed by atoms with Gasteiger partial charge in [0.25, 0.3) is 0 Å². The van der Waals surface area contributed by atoms with Crippen LogP contribution in [0.15, 0.2) is 93.4 Å². The molecule has 8 aromatic heterocycles. The van der Waals surface area contributed by atoms with Crippen LogP contribution in [0.1, 0.15) is 227 Å². The molecule has 8 saturated carbocycles. The molecule has 24 atom stereocenters. The summed E-state index contributed by atoms with van der Waals surface area (Å²) in [5.41, 5.74) is -0.541. The molecular formula is C96H124F4N24O16S4. The molecule has 48 heteroatoms. The number of hydrogen-bond acceptors (Lipinski definition) is 40. The number of aliphatic hydroxyl groups is 12. The summed E-state index contributed by atoms with van der Waals surface area (Å²) in [6, 6.07) is 11.4. The third kappa shape index (κ3) is 23.8. The maximum Gasteiger partial charge on any atom is 0.191 e. The number of benzene rings is 4. The van der Waals surface area contributed by atoms with Crippen LogP contribution in [0.25, 0.3) is 44.7 Å². The fourth-order valence-electron chi connectivity index (χ4n) is 17.3. The van der Waals surface area contributed by atoms with Crippen LogP contribution in [0.3, 0.4) is 0 Å². The van der Waals surface area contributed by atoms with Gasteiger partial charge in [-0.05, 0) is 148 Å². The summed E-state index contributed by atoms with van der Waals surface area (Å²) in [6.45, 7) is -0.144. The highest BCUT2D eigenvalue weighted by Gasteiger charge is 2.51. The van der Waals surface area contributed by atoms with Crippen LogP contribution in [-0.2, 0) is 18.9 Å². The quantitative estimate of drug-likeness (QED) is 0.00969. The summed E-state index contributed by atoms with van der Waals surface area (Å²) in [4.78, 5) is 35.7. The van der Waals surface area contributed by atoms with Gasteiger partial charge in [0.05, 0.1) is 112 Å². The Morgan fingerprint density at radius 2 is 0.632 bits per heavy atom. The number of nitrogens with zero attached hydrogens (tertiary/aromatic N) is 20. The Bertz CT molecular complexity index is 7560. The number of anilines is 4. The van der Waals surface area contributed by atoms with Crippen molar-refractivity contribution >= 4 is 115 Å². The molecule has 8 aliphatic carbocycles. The van der Waals surface area contributed by atoms with E-state index in [-0.39, 0.29) is 142 Å². The SMILES string of the molecule is [2H]C([2H])(CC)Sc1nc(N[C@H]2[C@H](c3ccc(C)c(F)c3)C2([2H])[2H])c2nnn([C@@H]3C[C@H](OCCO)[C@@H](O)[C@H]3O)c2n1.[2H]C([2H])(CO)O[C@H]1C[C@@H](n2nnc3c(N[C@H]4[C@H](c5ccc(C)c(F)c5)C4([2H])[2H])nc(SC([2H])([2H])CC)nc32)[C@H](O)[C@@H]1O.[2H]C([2H])(O)CO[C@H]1C[C@@H](n2nnc3c(N[C@H]4[C@H](c5ccc(C)c(F)c5)C4([2H])[2H])nc(SC([2H])([2H])CC)nc32)[C@H](O)[C@@H]1O.[2H]C1([2H])[C@@H](Nc2nc(SCCC)nc3c2nnn3[C@@H]2C[C@H](OC([2H])([2H])C([2H])([2H])O)[C@@H](O)[C@H]2O)[C@@H]1c1ccc(C)c(F)c1. The standard InChI is InChI=1S/4C24H31FN6O4S/c4*1-3-8-36-24-27-22(26-16-10-14(16)13-5-4-12(2)15(25)9-13)19-23(28-24)31(30-29-19)17-11-18(35-7-6-32)21(34)20(17)33/h4*4-5,9,14,16-18,20-21,32-34H,3,6-8,10-11H2,1-2H3,(H,26,27,28)/t4*14-,16+,17+,18-,20-,21+/m0000/s1/i7D2,8D2,10D2;6D2,8D2,10D2;6D2,7D2,10D2;8D2,10D2. The molecule has 0 unspecified atom stereocenters. The molecule has 12 aromatic rings. The van der Waals surface area contributed by atoms with Gasteiger partial charge >= 0.3 is 0 Å². The maximum absolute atomic E-state index is 14.3. The Labute approximate surface area is 874 Å². The zero-order valence-corrected chi connectivity index (χ0v) is 81.8. The van der Waals surface area contributed by atoms with Crippen LogP contribution in [-0.4, -0.2) is 334 Å². The van der Waals surface area contributed by atoms with Gasteiger partial charge in [-0.25, -0.2) is 76.2 Å². The number of thioether (sulfide) groups is 4. The van der Waals surface area contributed by atoms with Gasteiger partial charge in [0.1, 0.15) is 72.1 Å². The molecule has 776 valence electrons. The molecule has 144 heavy (non-hydrogen) atoms. The lowest BCUT2D eigenvalue weighted by Gasteiger charge is -2.17. The highest BCUT2D eigenvalue weighted by atomic mass is 32.2. The average Bonchev–Trinajstić information content (AvgIpc) is 1.56. The molecule has 4 aromatic carbocycles. The van der Waals surface area contributed by atoms with Gasteiger partial charge in [-0.3, -0.25) is 0 Å². The van der Waals surface area contributed by atoms with Crippen LogP contribution in [0.2, 0.25) is 0 Å². The Hall–Kier alpha value is -9.52. The van der Waals surface area contributed by atoms with Crippen molar-refractivity contribution in [3.63, 3.8) is 0 Å². The maximum atomic E-state index is 14.3. The second-order valence-electron chi connectivity index (χ2n) is 35.1. The zero-order chi connectivity index (χ0) is 121. The molecule has 0 aliphatic heterocycles. The fourth-order valence-corrected chi connectivity index (χ4v) is 19.7. The van der Waals surface area contributed by atoms with Crippen LogP contribution in [0.4, 0.5) is 40.8 Å². The van der Waals surface area contributed by atoms with Gasteiger partial charge in [-0.15, -0.1) is 20.4 Å². The molecule has 0 spiro atoms. The van der Waals surface area contributed by atoms with Crippen molar-refractivity contribution in [3.8, 4) is 0 Å².